The smallest absolute Gasteiger partial charge is 1.00 e. The molecule has 1 atom stereocenters. The molecule has 0 saturated heterocycles. The van der Waals surface area contributed by atoms with E-state index in [1.807, 2.05) is 61.1 Å². The van der Waals surface area contributed by atoms with Gasteiger partial charge in [0.05, 0.1) is 14.1 Å². The SMILES string of the molecule is C[N+](C)=C1NC(N)=NC(c2ccc(OCCCP(Cl)(c3ccccc3)(c3ccccc3)c3ccccc3)cc2)N1.[Cl-]. The molecular weight excluding hydrogens is 572 g/mol. The third-order valence-electron chi connectivity index (χ3n) is 7.31. The van der Waals surface area contributed by atoms with Crippen LogP contribution in [0.4, 0.5) is 0 Å². The Balaban J connectivity index is 0.00000387. The fourth-order valence-corrected chi connectivity index (χ4v) is 11.4. The van der Waals surface area contributed by atoms with Gasteiger partial charge in [-0.25, -0.2) is 0 Å². The van der Waals surface area contributed by atoms with Gasteiger partial charge in [0, 0.05) is 0 Å². The van der Waals surface area contributed by atoms with Crippen LogP contribution in [0.15, 0.2) is 120 Å². The average Bonchev–Trinajstić information content (AvgIpc) is 3.00. The Bertz CT molecular complexity index is 1400. The maximum Gasteiger partial charge on any atom is -1.00 e. The first-order valence-corrected chi connectivity index (χ1v) is 16.7. The van der Waals surface area contributed by atoms with Crippen molar-refractivity contribution in [1.29, 1.82) is 0 Å². The summed E-state index contributed by atoms with van der Waals surface area (Å²) in [6.07, 6.45) is 1.30. The predicted octanol–water partition coefficient (Wildman–Crippen LogP) is 1.28. The molecule has 1 aliphatic heterocycles. The number of nitrogens with two attached hydrogens (primary N) is 1. The second-order valence-electron chi connectivity index (χ2n) is 10.1. The zero-order valence-electron chi connectivity index (χ0n) is 23.3. The first-order valence-electron chi connectivity index (χ1n) is 13.4. The maximum atomic E-state index is 8.14. The van der Waals surface area contributed by atoms with Crippen molar-refractivity contribution < 1.29 is 21.7 Å². The summed E-state index contributed by atoms with van der Waals surface area (Å²) in [7, 11) is 3.88. The van der Waals surface area contributed by atoms with Gasteiger partial charge in [-0.3, -0.25) is 0 Å². The first-order chi connectivity index (χ1) is 19.4. The van der Waals surface area contributed by atoms with E-state index in [1.54, 1.807) is 0 Å². The quantitative estimate of drug-likeness (QED) is 0.152. The van der Waals surface area contributed by atoms with Gasteiger partial charge >= 0.3 is 228 Å². The van der Waals surface area contributed by atoms with Gasteiger partial charge in [-0.15, -0.1) is 0 Å². The summed E-state index contributed by atoms with van der Waals surface area (Å²) in [4.78, 5) is 4.48. The number of nitrogens with one attached hydrogen (secondary N) is 2. The van der Waals surface area contributed by atoms with Crippen molar-refractivity contribution >= 4 is 45.0 Å². The molecule has 214 valence electrons. The molecular formula is C32H36Cl2N5OP. The number of halogens is 2. The monoisotopic (exact) mass is 607 g/mol. The molecule has 4 aromatic carbocycles. The summed E-state index contributed by atoms with van der Waals surface area (Å²) < 4.78 is 8.16. The second-order valence-corrected chi connectivity index (χ2v) is 16.7. The molecule has 1 heterocycles. The summed E-state index contributed by atoms with van der Waals surface area (Å²) in [6.45, 7) is 0.547. The van der Waals surface area contributed by atoms with Gasteiger partial charge in [0.25, 0.3) is 0 Å². The summed E-state index contributed by atoms with van der Waals surface area (Å²) >= 11 is 8.14. The van der Waals surface area contributed by atoms with Crippen molar-refractivity contribution in [1.82, 2.24) is 10.6 Å². The van der Waals surface area contributed by atoms with Crippen molar-refractivity contribution in [2.24, 2.45) is 10.7 Å². The molecule has 0 spiro atoms. The summed E-state index contributed by atoms with van der Waals surface area (Å²) in [5, 5.41) is 9.89. The molecule has 4 aromatic rings. The Morgan fingerprint density at radius 3 is 1.76 bits per heavy atom. The van der Waals surface area contributed by atoms with Crippen LogP contribution in [0.25, 0.3) is 0 Å². The fraction of sp³-hybridized carbons (Fsp3) is 0.188. The van der Waals surface area contributed by atoms with Gasteiger partial charge in [0.1, 0.15) is 0 Å². The van der Waals surface area contributed by atoms with Crippen molar-refractivity contribution in [3.63, 3.8) is 0 Å². The van der Waals surface area contributed by atoms with Crippen LogP contribution in [0.5, 0.6) is 5.75 Å². The Labute approximate surface area is 253 Å². The number of benzene rings is 4. The second kappa shape index (κ2) is 12.9. The number of aliphatic imine (C=N–C) groups is 1. The van der Waals surface area contributed by atoms with E-state index in [4.69, 9.17) is 21.7 Å². The van der Waals surface area contributed by atoms with E-state index >= 15 is 0 Å². The number of hydrogen-bond acceptors (Lipinski definition) is 3. The van der Waals surface area contributed by atoms with Gasteiger partial charge in [-0.2, -0.15) is 0 Å². The molecule has 0 amide bonds. The first kappa shape index (κ1) is 30.4. The van der Waals surface area contributed by atoms with Crippen LogP contribution in [0.1, 0.15) is 18.2 Å². The van der Waals surface area contributed by atoms with Crippen molar-refractivity contribution in [3.05, 3.63) is 121 Å². The molecule has 0 fully saturated rings. The van der Waals surface area contributed by atoms with E-state index in [9.17, 15) is 0 Å². The molecule has 0 radical (unpaired) electrons. The van der Waals surface area contributed by atoms with Crippen LogP contribution < -0.4 is 49.4 Å². The van der Waals surface area contributed by atoms with E-state index in [1.165, 1.54) is 15.9 Å². The minimum atomic E-state index is -3.29. The number of nitrogens with zero attached hydrogens (tertiary/aromatic N) is 2. The molecule has 1 unspecified atom stereocenters. The molecule has 0 saturated carbocycles. The standard InChI is InChI=1S/C32H35ClN5OP.ClH/c1-38(2)32-36-30(35-31(34)37-32)25-19-21-26(22-20-25)39-23-12-24-40(33,27-13-6-3-7-14-27,28-15-8-4-9-16-28)29-17-10-5-11-18-29;/h3-11,13-22,30H,12,23-24H2,1-2H3,(H3,34,35,36,37);1H. The Kier molecular flexibility index (Phi) is 9.60. The predicted molar refractivity (Wildman–Crippen MR) is 170 cm³/mol. The minimum Gasteiger partial charge on any atom is -1.00 e. The van der Waals surface area contributed by atoms with Gasteiger partial charge in [0.15, 0.2) is 0 Å². The number of hydrogen-bond donors (Lipinski definition) is 3. The number of ether oxygens (including phenoxy) is 1. The van der Waals surface area contributed by atoms with Crippen LogP contribution in [0, 0.1) is 0 Å². The van der Waals surface area contributed by atoms with Crippen LogP contribution in [0.2, 0.25) is 0 Å². The van der Waals surface area contributed by atoms with Crippen molar-refractivity contribution in [3.8, 4) is 5.75 Å². The van der Waals surface area contributed by atoms with Gasteiger partial charge in [0.2, 0.25) is 0 Å². The van der Waals surface area contributed by atoms with Crippen molar-refractivity contribution in [2.75, 3.05) is 26.9 Å². The molecule has 0 aromatic heterocycles. The zero-order valence-corrected chi connectivity index (χ0v) is 25.7. The molecule has 9 heteroatoms. The van der Waals surface area contributed by atoms with Crippen LogP contribution >= 0.6 is 17.2 Å². The van der Waals surface area contributed by atoms with E-state index in [2.05, 4.69) is 88.4 Å². The zero-order chi connectivity index (χ0) is 28.0. The molecule has 0 bridgehead atoms. The Hall–Kier alpha value is -3.57. The molecule has 4 N–H and O–H groups in total. The van der Waals surface area contributed by atoms with E-state index < -0.39 is 5.96 Å². The van der Waals surface area contributed by atoms with Crippen LogP contribution in [-0.2, 0) is 0 Å². The normalized spacial score (nSPS) is 15.7. The molecule has 0 aliphatic carbocycles. The van der Waals surface area contributed by atoms with E-state index in [0.717, 1.165) is 29.9 Å². The molecule has 5 rings (SSSR count). The summed E-state index contributed by atoms with van der Waals surface area (Å²) in [6, 6.07) is 39.6. The summed E-state index contributed by atoms with van der Waals surface area (Å²) in [5.74, 6) is -1.30. The Morgan fingerprint density at radius 2 is 1.29 bits per heavy atom. The van der Waals surface area contributed by atoms with Crippen molar-refractivity contribution in [2.45, 2.75) is 12.6 Å². The third kappa shape index (κ3) is 6.20. The largest absolute Gasteiger partial charge is 1.00 e. The van der Waals surface area contributed by atoms with Gasteiger partial charge < -0.3 is 12.4 Å². The summed E-state index contributed by atoms with van der Waals surface area (Å²) in [5.41, 5.74) is 6.99. The van der Waals surface area contributed by atoms with E-state index in [0.29, 0.717) is 12.6 Å². The fourth-order valence-electron chi connectivity index (χ4n) is 5.24. The topological polar surface area (TPSA) is 74.7 Å². The molecule has 6 nitrogen and oxygen atoms in total. The number of guanidine groups is 2. The van der Waals surface area contributed by atoms with Crippen LogP contribution in [0.3, 0.4) is 0 Å². The maximum absolute atomic E-state index is 8.14. The van der Waals surface area contributed by atoms with Gasteiger partial charge in [-0.05, 0) is 0 Å². The van der Waals surface area contributed by atoms with E-state index in [-0.39, 0.29) is 18.6 Å². The minimum absolute atomic E-state index is 0. The third-order valence-corrected chi connectivity index (χ3v) is 14.9. The molecule has 41 heavy (non-hydrogen) atoms. The van der Waals surface area contributed by atoms with Crippen LogP contribution in [-0.4, -0.2) is 43.4 Å². The Morgan fingerprint density at radius 1 is 0.805 bits per heavy atom. The number of rotatable bonds is 9. The average molecular weight is 609 g/mol. The molecule has 1 aliphatic rings. The van der Waals surface area contributed by atoms with Gasteiger partial charge in [-0.1, -0.05) is 0 Å².